The van der Waals surface area contributed by atoms with Gasteiger partial charge in [0.1, 0.15) is 0 Å². The number of nitrogens with zero attached hydrogens (tertiary/aromatic N) is 2. The molecule has 0 radical (unpaired) electrons. The Labute approximate surface area is 127 Å². The van der Waals surface area contributed by atoms with Gasteiger partial charge in [-0.25, -0.2) is 0 Å². The van der Waals surface area contributed by atoms with E-state index in [0.717, 1.165) is 18.0 Å². The van der Waals surface area contributed by atoms with E-state index in [1.165, 1.54) is 23.8 Å². The summed E-state index contributed by atoms with van der Waals surface area (Å²) in [6.45, 7) is 6.33. The molecular weight excluding hydrogens is 258 g/mol. The minimum atomic E-state index is 0.254. The summed E-state index contributed by atoms with van der Waals surface area (Å²) in [6, 6.07) is 11.3. The van der Waals surface area contributed by atoms with Crippen molar-refractivity contribution in [3.05, 3.63) is 42.1 Å². The van der Waals surface area contributed by atoms with Crippen LogP contribution in [0, 0.1) is 5.92 Å². The van der Waals surface area contributed by atoms with Crippen molar-refractivity contribution in [2.45, 2.75) is 38.8 Å². The quantitative estimate of drug-likeness (QED) is 0.884. The number of nitrogens with two attached hydrogens (primary N) is 1. The third kappa shape index (κ3) is 3.09. The largest absolute Gasteiger partial charge is 0.329 e. The highest BCUT2D eigenvalue weighted by Gasteiger charge is 2.30. The molecule has 3 heteroatoms. The second kappa shape index (κ2) is 6.12. The number of benzene rings is 1. The number of para-hydroxylation sites is 1. The maximum absolute atomic E-state index is 6.16. The summed E-state index contributed by atoms with van der Waals surface area (Å²) in [7, 11) is 0. The monoisotopic (exact) mass is 283 g/mol. The van der Waals surface area contributed by atoms with Crippen molar-refractivity contribution in [1.82, 2.24) is 9.88 Å². The molecule has 1 heterocycles. The average molecular weight is 283 g/mol. The van der Waals surface area contributed by atoms with Crippen molar-refractivity contribution in [1.29, 1.82) is 0 Å². The molecule has 3 nitrogen and oxygen atoms in total. The van der Waals surface area contributed by atoms with Crippen LogP contribution in [-0.4, -0.2) is 29.0 Å². The highest BCUT2D eigenvalue weighted by molar-refractivity contribution is 5.82. The lowest BCUT2D eigenvalue weighted by atomic mass is 9.99. The SMILES string of the molecule is CC(C)N(CC1CC1)C(CN)c1cccc2cccnc12. The van der Waals surface area contributed by atoms with Crippen molar-refractivity contribution in [2.24, 2.45) is 11.7 Å². The van der Waals surface area contributed by atoms with E-state index in [1.54, 1.807) is 0 Å². The van der Waals surface area contributed by atoms with Crippen molar-refractivity contribution in [2.75, 3.05) is 13.1 Å². The summed E-state index contributed by atoms with van der Waals surface area (Å²) in [5, 5.41) is 1.20. The van der Waals surface area contributed by atoms with E-state index in [4.69, 9.17) is 5.73 Å². The van der Waals surface area contributed by atoms with Crippen LogP contribution in [0.25, 0.3) is 10.9 Å². The maximum Gasteiger partial charge on any atom is 0.0750 e. The van der Waals surface area contributed by atoms with Gasteiger partial charge in [0.05, 0.1) is 5.52 Å². The van der Waals surface area contributed by atoms with Gasteiger partial charge in [-0.3, -0.25) is 9.88 Å². The number of hydrogen-bond donors (Lipinski definition) is 1. The summed E-state index contributed by atoms with van der Waals surface area (Å²) in [5.74, 6) is 0.865. The Bertz CT molecular complexity index is 599. The number of hydrogen-bond acceptors (Lipinski definition) is 3. The Balaban J connectivity index is 1.99. The average Bonchev–Trinajstić information content (AvgIpc) is 3.31. The summed E-state index contributed by atoms with van der Waals surface area (Å²) in [4.78, 5) is 7.16. The molecule has 2 N–H and O–H groups in total. The summed E-state index contributed by atoms with van der Waals surface area (Å²) in [5.41, 5.74) is 8.52. The van der Waals surface area contributed by atoms with Crippen LogP contribution in [0.5, 0.6) is 0 Å². The van der Waals surface area contributed by atoms with E-state index in [1.807, 2.05) is 12.3 Å². The van der Waals surface area contributed by atoms with Gasteiger partial charge in [0.15, 0.2) is 0 Å². The lowest BCUT2D eigenvalue weighted by Gasteiger charge is -2.35. The van der Waals surface area contributed by atoms with Crippen LogP contribution in [0.4, 0.5) is 0 Å². The molecule has 1 fully saturated rings. The zero-order valence-corrected chi connectivity index (χ0v) is 13.0. The Morgan fingerprint density at radius 2 is 2.00 bits per heavy atom. The number of aromatic nitrogens is 1. The molecule has 0 aliphatic heterocycles. The van der Waals surface area contributed by atoms with E-state index < -0.39 is 0 Å². The van der Waals surface area contributed by atoms with Gasteiger partial charge in [-0.05, 0) is 44.2 Å². The first-order chi connectivity index (χ1) is 10.2. The highest BCUT2D eigenvalue weighted by atomic mass is 15.2. The molecule has 0 bridgehead atoms. The molecule has 1 aliphatic rings. The molecule has 21 heavy (non-hydrogen) atoms. The van der Waals surface area contributed by atoms with Gasteiger partial charge < -0.3 is 5.73 Å². The third-order valence-electron chi connectivity index (χ3n) is 4.48. The van der Waals surface area contributed by atoms with Crippen LogP contribution in [0.15, 0.2) is 36.5 Å². The van der Waals surface area contributed by atoms with Gasteiger partial charge in [0.2, 0.25) is 0 Å². The molecule has 1 unspecified atom stereocenters. The van der Waals surface area contributed by atoms with Gasteiger partial charge >= 0.3 is 0 Å². The van der Waals surface area contributed by atoms with Crippen molar-refractivity contribution in [3.8, 4) is 0 Å². The fraction of sp³-hybridized carbons (Fsp3) is 0.500. The molecule has 1 aromatic carbocycles. The smallest absolute Gasteiger partial charge is 0.0750 e. The van der Waals surface area contributed by atoms with Gasteiger partial charge in [-0.15, -0.1) is 0 Å². The molecule has 3 rings (SSSR count). The van der Waals surface area contributed by atoms with E-state index in [2.05, 4.69) is 48.0 Å². The van der Waals surface area contributed by atoms with Crippen LogP contribution in [-0.2, 0) is 0 Å². The van der Waals surface area contributed by atoms with Crippen LogP contribution in [0.2, 0.25) is 0 Å². The third-order valence-corrected chi connectivity index (χ3v) is 4.48. The molecule has 0 saturated heterocycles. The number of fused-ring (bicyclic) bond motifs is 1. The summed E-state index contributed by atoms with van der Waals surface area (Å²) < 4.78 is 0. The molecule has 1 aromatic heterocycles. The van der Waals surface area contributed by atoms with Crippen molar-refractivity contribution >= 4 is 10.9 Å². The molecule has 1 saturated carbocycles. The summed E-state index contributed by atoms with van der Waals surface area (Å²) >= 11 is 0. The molecule has 1 aliphatic carbocycles. The first kappa shape index (κ1) is 14.5. The number of rotatable bonds is 6. The maximum atomic E-state index is 6.16. The Morgan fingerprint density at radius 3 is 2.67 bits per heavy atom. The van der Waals surface area contributed by atoms with Crippen molar-refractivity contribution < 1.29 is 0 Å². The predicted molar refractivity (Wildman–Crippen MR) is 88.1 cm³/mol. The normalized spacial score (nSPS) is 16.8. The minimum absolute atomic E-state index is 0.254. The zero-order chi connectivity index (χ0) is 14.8. The standard InChI is InChI=1S/C18H25N3/c1-13(2)21(12-14-8-9-14)17(11-19)16-7-3-5-15-6-4-10-20-18(15)16/h3-7,10,13-14,17H,8-9,11-12,19H2,1-2H3. The van der Waals surface area contributed by atoms with Crippen LogP contribution in [0.1, 0.15) is 38.3 Å². The lowest BCUT2D eigenvalue weighted by Crippen LogP contribution is -2.40. The zero-order valence-electron chi connectivity index (χ0n) is 13.0. The highest BCUT2D eigenvalue weighted by Crippen LogP contribution is 2.35. The Morgan fingerprint density at radius 1 is 1.24 bits per heavy atom. The summed E-state index contributed by atoms with van der Waals surface area (Å²) in [6.07, 6.45) is 4.61. The first-order valence-corrected chi connectivity index (χ1v) is 8.00. The topological polar surface area (TPSA) is 42.1 Å². The first-order valence-electron chi connectivity index (χ1n) is 8.00. The molecular formula is C18H25N3. The van der Waals surface area contributed by atoms with E-state index >= 15 is 0 Å². The van der Waals surface area contributed by atoms with Gasteiger partial charge in [0.25, 0.3) is 0 Å². The molecule has 112 valence electrons. The Kier molecular flexibility index (Phi) is 4.22. The van der Waals surface area contributed by atoms with E-state index in [-0.39, 0.29) is 6.04 Å². The van der Waals surface area contributed by atoms with Crippen LogP contribution >= 0.6 is 0 Å². The second-order valence-electron chi connectivity index (χ2n) is 6.41. The molecule has 1 atom stereocenters. The van der Waals surface area contributed by atoms with Crippen LogP contribution < -0.4 is 5.73 Å². The molecule has 0 amide bonds. The van der Waals surface area contributed by atoms with Gasteiger partial charge in [-0.2, -0.15) is 0 Å². The predicted octanol–water partition coefficient (Wildman–Crippen LogP) is 3.36. The minimum Gasteiger partial charge on any atom is -0.329 e. The fourth-order valence-electron chi connectivity index (χ4n) is 3.13. The van der Waals surface area contributed by atoms with E-state index in [0.29, 0.717) is 12.6 Å². The molecule has 0 spiro atoms. The Hall–Kier alpha value is -1.45. The fourth-order valence-corrected chi connectivity index (χ4v) is 3.13. The number of pyridine rings is 1. The van der Waals surface area contributed by atoms with Crippen molar-refractivity contribution in [3.63, 3.8) is 0 Å². The second-order valence-corrected chi connectivity index (χ2v) is 6.41. The van der Waals surface area contributed by atoms with Crippen LogP contribution in [0.3, 0.4) is 0 Å². The molecule has 2 aromatic rings. The lowest BCUT2D eigenvalue weighted by molar-refractivity contribution is 0.150. The van der Waals surface area contributed by atoms with Gasteiger partial charge in [-0.1, -0.05) is 24.3 Å². The van der Waals surface area contributed by atoms with Gasteiger partial charge in [0, 0.05) is 36.8 Å². The van der Waals surface area contributed by atoms with E-state index in [9.17, 15) is 0 Å².